The molecule has 0 unspecified atom stereocenters. The van der Waals surface area contributed by atoms with Gasteiger partial charge in [0.25, 0.3) is 5.56 Å². The van der Waals surface area contributed by atoms with E-state index in [4.69, 9.17) is 0 Å². The summed E-state index contributed by atoms with van der Waals surface area (Å²) >= 11 is 0. The van der Waals surface area contributed by atoms with Gasteiger partial charge in [-0.1, -0.05) is 24.3 Å². The molecule has 1 fully saturated rings. The van der Waals surface area contributed by atoms with Crippen molar-refractivity contribution in [3.8, 4) is 0 Å². The highest BCUT2D eigenvalue weighted by Crippen LogP contribution is 2.09. The lowest BCUT2D eigenvalue weighted by Crippen LogP contribution is -2.52. The number of fused-ring (bicyclic) bond motifs is 1. The van der Waals surface area contributed by atoms with E-state index in [1.54, 1.807) is 34.2 Å². The van der Waals surface area contributed by atoms with Gasteiger partial charge in [-0.25, -0.2) is 9.78 Å². The quantitative estimate of drug-likeness (QED) is 0.684. The van der Waals surface area contributed by atoms with Gasteiger partial charge in [-0.05, 0) is 24.3 Å². The Bertz CT molecular complexity index is 1110. The Balaban J connectivity index is 1.29. The summed E-state index contributed by atoms with van der Waals surface area (Å²) in [6.07, 6.45) is 3.08. The highest BCUT2D eigenvalue weighted by Gasteiger charge is 2.24. The molecule has 9 nitrogen and oxygen atoms in total. The van der Waals surface area contributed by atoms with Gasteiger partial charge in [0, 0.05) is 38.1 Å². The summed E-state index contributed by atoms with van der Waals surface area (Å²) in [5, 5.41) is 5.74. The van der Waals surface area contributed by atoms with Gasteiger partial charge in [-0.3, -0.25) is 14.0 Å². The average Bonchev–Trinajstić information content (AvgIpc) is 2.79. The first-order chi connectivity index (χ1) is 14.6. The van der Waals surface area contributed by atoms with Crippen molar-refractivity contribution in [1.29, 1.82) is 0 Å². The number of piperazine rings is 1. The molecule has 0 spiro atoms. The fourth-order valence-corrected chi connectivity index (χ4v) is 3.31. The third-order valence-electron chi connectivity index (χ3n) is 4.99. The fraction of sp³-hybridized carbons (Fsp3) is 0.238. The second-order valence-electron chi connectivity index (χ2n) is 6.92. The van der Waals surface area contributed by atoms with Gasteiger partial charge in [-0.2, -0.15) is 0 Å². The van der Waals surface area contributed by atoms with E-state index in [1.165, 1.54) is 10.6 Å². The number of nitrogens with zero attached hydrogens (tertiary/aromatic N) is 4. The molecular weight excluding hydrogens is 384 g/mol. The number of hydrogen-bond donors (Lipinski definition) is 2. The zero-order valence-electron chi connectivity index (χ0n) is 16.3. The third-order valence-corrected chi connectivity index (χ3v) is 4.99. The van der Waals surface area contributed by atoms with E-state index in [2.05, 4.69) is 15.6 Å². The lowest BCUT2D eigenvalue weighted by molar-refractivity contribution is -0.130. The number of hydrogen-bond acceptors (Lipinski definition) is 5. The monoisotopic (exact) mass is 406 g/mol. The molecule has 0 saturated carbocycles. The largest absolute Gasteiger partial charge is 0.370 e. The molecule has 2 N–H and O–H groups in total. The molecule has 1 aromatic carbocycles. The summed E-state index contributed by atoms with van der Waals surface area (Å²) in [4.78, 5) is 44.9. The summed E-state index contributed by atoms with van der Waals surface area (Å²) in [5.74, 6) is -0.129. The molecule has 2 aromatic heterocycles. The first-order valence-electron chi connectivity index (χ1n) is 9.71. The van der Waals surface area contributed by atoms with Gasteiger partial charge < -0.3 is 20.4 Å². The van der Waals surface area contributed by atoms with Gasteiger partial charge >= 0.3 is 6.03 Å². The minimum atomic E-state index is -0.254. The van der Waals surface area contributed by atoms with E-state index in [0.717, 1.165) is 5.69 Å². The van der Waals surface area contributed by atoms with Crippen LogP contribution >= 0.6 is 0 Å². The standard InChI is InChI=1S/C21H22N6O3/c28-19(15-22-17-14-23-18-8-4-5-9-27(18)20(17)29)25-10-12-26(13-11-25)21(30)24-16-6-2-1-3-7-16/h1-9,14,22H,10-13,15H2,(H,24,30). The number of anilines is 2. The summed E-state index contributed by atoms with van der Waals surface area (Å²) in [5.41, 5.74) is 1.30. The predicted molar refractivity (Wildman–Crippen MR) is 114 cm³/mol. The summed E-state index contributed by atoms with van der Waals surface area (Å²) in [7, 11) is 0. The van der Waals surface area contributed by atoms with Crippen LogP contribution in [0.2, 0.25) is 0 Å². The van der Waals surface area contributed by atoms with E-state index < -0.39 is 0 Å². The molecule has 0 radical (unpaired) electrons. The molecule has 154 valence electrons. The Kier molecular flexibility index (Phi) is 5.60. The SMILES string of the molecule is O=C(CNc1cnc2ccccn2c1=O)N1CCN(C(=O)Nc2ccccc2)CC1. The van der Waals surface area contributed by atoms with Crippen molar-refractivity contribution < 1.29 is 9.59 Å². The minimum Gasteiger partial charge on any atom is -0.370 e. The molecule has 0 aliphatic carbocycles. The van der Waals surface area contributed by atoms with Crippen LogP contribution < -0.4 is 16.2 Å². The van der Waals surface area contributed by atoms with Crippen LogP contribution in [0.3, 0.4) is 0 Å². The second kappa shape index (κ2) is 8.64. The average molecular weight is 406 g/mol. The number of benzene rings is 1. The molecule has 1 saturated heterocycles. The summed E-state index contributed by atoms with van der Waals surface area (Å²) in [6.45, 7) is 1.77. The Morgan fingerprint density at radius 1 is 0.933 bits per heavy atom. The van der Waals surface area contributed by atoms with Gasteiger partial charge in [0.1, 0.15) is 11.3 Å². The summed E-state index contributed by atoms with van der Waals surface area (Å²) < 4.78 is 1.43. The minimum absolute atomic E-state index is 0.00790. The lowest BCUT2D eigenvalue weighted by atomic mass is 10.3. The zero-order valence-corrected chi connectivity index (χ0v) is 16.3. The highest BCUT2D eigenvalue weighted by atomic mass is 16.2. The van der Waals surface area contributed by atoms with Crippen LogP contribution in [-0.2, 0) is 4.79 Å². The first-order valence-corrected chi connectivity index (χ1v) is 9.71. The molecule has 30 heavy (non-hydrogen) atoms. The molecule has 3 amide bonds. The van der Waals surface area contributed by atoms with Crippen LogP contribution in [0.4, 0.5) is 16.2 Å². The fourth-order valence-electron chi connectivity index (χ4n) is 3.31. The zero-order chi connectivity index (χ0) is 20.9. The number of para-hydroxylation sites is 1. The van der Waals surface area contributed by atoms with E-state index in [1.807, 2.05) is 30.3 Å². The topological polar surface area (TPSA) is 99.1 Å². The van der Waals surface area contributed by atoms with Gasteiger partial charge in [0.2, 0.25) is 5.91 Å². The molecule has 0 bridgehead atoms. The normalized spacial score (nSPS) is 13.9. The molecule has 4 rings (SSSR count). The number of nitrogens with one attached hydrogen (secondary N) is 2. The third kappa shape index (κ3) is 4.24. The predicted octanol–water partition coefficient (Wildman–Crippen LogP) is 1.48. The molecule has 3 aromatic rings. The van der Waals surface area contributed by atoms with E-state index in [-0.39, 0.29) is 29.7 Å². The first kappa shape index (κ1) is 19.4. The number of aromatic nitrogens is 2. The van der Waals surface area contributed by atoms with Crippen molar-refractivity contribution in [2.24, 2.45) is 0 Å². The maximum atomic E-state index is 12.5. The number of carbonyl (C=O) groups excluding carboxylic acids is 2. The second-order valence-corrected chi connectivity index (χ2v) is 6.92. The maximum Gasteiger partial charge on any atom is 0.321 e. The molecular formula is C21H22N6O3. The number of urea groups is 1. The van der Waals surface area contributed by atoms with Crippen LogP contribution in [0.25, 0.3) is 5.65 Å². The van der Waals surface area contributed by atoms with E-state index >= 15 is 0 Å². The van der Waals surface area contributed by atoms with Crippen LogP contribution in [0.15, 0.2) is 65.7 Å². The number of pyridine rings is 1. The van der Waals surface area contributed by atoms with Crippen molar-refractivity contribution in [3.63, 3.8) is 0 Å². The Morgan fingerprint density at radius 3 is 2.40 bits per heavy atom. The molecule has 9 heteroatoms. The van der Waals surface area contributed by atoms with E-state index in [0.29, 0.717) is 31.8 Å². The Hall–Kier alpha value is -3.88. The smallest absolute Gasteiger partial charge is 0.321 e. The van der Waals surface area contributed by atoms with Crippen LogP contribution in [0.1, 0.15) is 0 Å². The van der Waals surface area contributed by atoms with Crippen LogP contribution in [-0.4, -0.2) is 63.8 Å². The van der Waals surface area contributed by atoms with Crippen molar-refractivity contribution in [2.45, 2.75) is 0 Å². The molecule has 3 heterocycles. The molecule has 1 aliphatic heterocycles. The number of rotatable bonds is 4. The molecule has 1 aliphatic rings. The van der Waals surface area contributed by atoms with Crippen LogP contribution in [0, 0.1) is 0 Å². The molecule has 0 atom stereocenters. The summed E-state index contributed by atoms with van der Waals surface area (Å²) in [6, 6.07) is 14.4. The van der Waals surface area contributed by atoms with Crippen molar-refractivity contribution >= 4 is 29.0 Å². The van der Waals surface area contributed by atoms with Gasteiger partial charge in [-0.15, -0.1) is 0 Å². The van der Waals surface area contributed by atoms with Crippen LogP contribution in [0.5, 0.6) is 0 Å². The van der Waals surface area contributed by atoms with Crippen molar-refractivity contribution in [2.75, 3.05) is 43.4 Å². The lowest BCUT2D eigenvalue weighted by Gasteiger charge is -2.34. The van der Waals surface area contributed by atoms with Gasteiger partial charge in [0.05, 0.1) is 12.7 Å². The van der Waals surface area contributed by atoms with Crippen molar-refractivity contribution in [3.05, 3.63) is 71.3 Å². The number of carbonyl (C=O) groups is 2. The van der Waals surface area contributed by atoms with E-state index in [9.17, 15) is 14.4 Å². The Labute approximate surface area is 172 Å². The maximum absolute atomic E-state index is 12.5. The van der Waals surface area contributed by atoms with Gasteiger partial charge in [0.15, 0.2) is 0 Å². The Morgan fingerprint density at radius 2 is 1.63 bits per heavy atom. The number of amides is 3. The van der Waals surface area contributed by atoms with Crippen molar-refractivity contribution in [1.82, 2.24) is 19.2 Å². The highest BCUT2D eigenvalue weighted by molar-refractivity contribution is 5.89.